The van der Waals surface area contributed by atoms with Crippen LogP contribution in [0, 0.1) is 0 Å². The number of furan rings is 1. The largest absolute Gasteiger partial charge is 0.457 e. The van der Waals surface area contributed by atoms with E-state index in [1.54, 1.807) is 0 Å². The highest BCUT2D eigenvalue weighted by Crippen LogP contribution is 2.66. The van der Waals surface area contributed by atoms with Gasteiger partial charge in [-0.3, -0.25) is 0 Å². The maximum absolute atomic E-state index is 6.74. The summed E-state index contributed by atoms with van der Waals surface area (Å²) < 4.78 is 19.9. The Kier molecular flexibility index (Phi) is 7.05. The lowest BCUT2D eigenvalue weighted by atomic mass is 9.66. The van der Waals surface area contributed by atoms with Gasteiger partial charge in [-0.05, 0) is 106 Å². The van der Waals surface area contributed by atoms with Gasteiger partial charge in [-0.1, -0.05) is 158 Å². The molecule has 0 saturated carbocycles. The fourth-order valence-corrected chi connectivity index (χ4v) is 12.3. The van der Waals surface area contributed by atoms with Crippen LogP contribution in [0.25, 0.3) is 44.2 Å². The maximum atomic E-state index is 6.74. The molecule has 0 bridgehead atoms. The third-order valence-electron chi connectivity index (χ3n) is 14.8. The molecule has 1 aromatic heterocycles. The quantitative estimate of drug-likeness (QED) is 0.177. The van der Waals surface area contributed by atoms with Crippen molar-refractivity contribution < 1.29 is 13.9 Å². The first-order chi connectivity index (χ1) is 32.7. The van der Waals surface area contributed by atoms with E-state index in [1.807, 2.05) is 6.07 Å². The highest BCUT2D eigenvalue weighted by atomic mass is 16.5. The highest BCUT2D eigenvalue weighted by molar-refractivity contribution is 6.07. The molecule has 0 saturated heterocycles. The van der Waals surface area contributed by atoms with E-state index in [-0.39, 0.29) is 0 Å². The average molecular weight is 844 g/mol. The van der Waals surface area contributed by atoms with Crippen LogP contribution < -0.4 is 14.4 Å². The van der Waals surface area contributed by atoms with E-state index >= 15 is 0 Å². The summed E-state index contributed by atoms with van der Waals surface area (Å²) >= 11 is 0. The number of ether oxygens (including phenoxy) is 2. The predicted molar refractivity (Wildman–Crippen MR) is 263 cm³/mol. The van der Waals surface area contributed by atoms with Gasteiger partial charge in [0.15, 0.2) is 0 Å². The first-order valence-corrected chi connectivity index (χ1v) is 22.7. The molecule has 0 amide bonds. The molecule has 3 heterocycles. The summed E-state index contributed by atoms with van der Waals surface area (Å²) in [5.41, 5.74) is 18.0. The van der Waals surface area contributed by atoms with E-state index < -0.39 is 10.8 Å². The second kappa shape index (κ2) is 13.0. The van der Waals surface area contributed by atoms with Crippen LogP contribution in [0.4, 0.5) is 17.1 Å². The van der Waals surface area contributed by atoms with Gasteiger partial charge in [0, 0.05) is 50.0 Å². The highest BCUT2D eigenvalue weighted by Gasteiger charge is 2.53. The molecule has 2 aliphatic heterocycles. The van der Waals surface area contributed by atoms with Crippen molar-refractivity contribution >= 4 is 39.0 Å². The number of nitrogens with zero attached hydrogens (tertiary/aromatic N) is 1. The summed E-state index contributed by atoms with van der Waals surface area (Å²) in [7, 11) is 0. The summed E-state index contributed by atoms with van der Waals surface area (Å²) in [6, 6.07) is 81.3. The Morgan fingerprint density at radius 1 is 0.303 bits per heavy atom. The second-order valence-corrected chi connectivity index (χ2v) is 17.8. The third-order valence-corrected chi connectivity index (χ3v) is 14.8. The van der Waals surface area contributed by atoms with Gasteiger partial charge in [-0.25, -0.2) is 0 Å². The fourth-order valence-electron chi connectivity index (χ4n) is 12.3. The van der Waals surface area contributed by atoms with Crippen molar-refractivity contribution in [3.8, 4) is 45.3 Å². The van der Waals surface area contributed by atoms with E-state index in [4.69, 9.17) is 13.9 Å². The summed E-state index contributed by atoms with van der Waals surface area (Å²) in [4.78, 5) is 2.49. The average Bonchev–Trinajstić information content (AvgIpc) is 4.00. The molecule has 10 aromatic carbocycles. The van der Waals surface area contributed by atoms with Crippen LogP contribution in [0.15, 0.2) is 229 Å². The number of hydrogen-bond donors (Lipinski definition) is 0. The summed E-state index contributed by atoms with van der Waals surface area (Å²) in [5.74, 6) is 3.49. The smallest absolute Gasteiger partial charge is 0.135 e. The van der Waals surface area contributed by atoms with Crippen LogP contribution in [-0.4, -0.2) is 0 Å². The molecule has 0 unspecified atom stereocenters. The Morgan fingerprint density at radius 2 is 0.758 bits per heavy atom. The number of fused-ring (bicyclic) bond motifs is 21. The number of benzene rings is 10. The summed E-state index contributed by atoms with van der Waals surface area (Å²) in [6.45, 7) is 0. The lowest BCUT2D eigenvalue weighted by Crippen LogP contribution is -2.32. The first kappa shape index (κ1) is 35.8. The zero-order valence-electron chi connectivity index (χ0n) is 35.5. The number of para-hydroxylation sites is 5. The molecular formula is C62H37NO3. The van der Waals surface area contributed by atoms with E-state index in [2.05, 4.69) is 223 Å². The van der Waals surface area contributed by atoms with E-state index in [0.29, 0.717) is 0 Å². The van der Waals surface area contributed by atoms with Crippen LogP contribution in [0.1, 0.15) is 44.5 Å². The van der Waals surface area contributed by atoms with Crippen LogP contribution >= 0.6 is 0 Å². The van der Waals surface area contributed by atoms with Gasteiger partial charge in [0.05, 0.1) is 16.5 Å². The molecule has 0 fully saturated rings. The Hall–Kier alpha value is -8.60. The minimum absolute atomic E-state index is 0.622. The van der Waals surface area contributed by atoms with E-state index in [1.165, 1.54) is 44.5 Å². The molecule has 4 nitrogen and oxygen atoms in total. The zero-order chi connectivity index (χ0) is 43.1. The summed E-state index contributed by atoms with van der Waals surface area (Å²) in [6.07, 6.45) is 0. The molecular weight excluding hydrogens is 807 g/mol. The Morgan fingerprint density at radius 3 is 1.41 bits per heavy atom. The van der Waals surface area contributed by atoms with Gasteiger partial charge >= 0.3 is 0 Å². The SMILES string of the molecule is c1ccc2c(c1)Oc1ccccc1C21c2ccccc2-c2ccc(N(c3ccc4oc5ccccc5c4c3)c3cccc4c3-c3ccccc3C43c4ccccc4Oc4ccccc43)cc21. The van der Waals surface area contributed by atoms with Crippen molar-refractivity contribution in [2.24, 2.45) is 0 Å². The third kappa shape index (κ3) is 4.43. The van der Waals surface area contributed by atoms with Gasteiger partial charge < -0.3 is 18.8 Å². The monoisotopic (exact) mass is 843 g/mol. The molecule has 15 rings (SSSR count). The van der Waals surface area contributed by atoms with E-state index in [9.17, 15) is 0 Å². The molecule has 4 aliphatic rings. The first-order valence-electron chi connectivity index (χ1n) is 22.7. The minimum Gasteiger partial charge on any atom is -0.457 e. The van der Waals surface area contributed by atoms with Crippen molar-refractivity contribution in [1.29, 1.82) is 0 Å². The standard InChI is InChI=1S/C62H37NO3/c1-4-19-45-40(16-1)41-34-32-39(37-52(41)62(45)49-23-8-13-30-58(49)66-59-31-14-9-24-50(59)62)63(38-33-35-55-44(36-38)42-17-3-10-27-54(42)64-55)53-26-15-25-51-60(53)43-18-2-5-20-46(43)61(51)47-21-6-11-28-56(47)65-57-29-12-7-22-48(57)61/h1-37H. The van der Waals surface area contributed by atoms with Gasteiger partial charge in [-0.15, -0.1) is 0 Å². The van der Waals surface area contributed by atoms with Crippen LogP contribution in [0.2, 0.25) is 0 Å². The topological polar surface area (TPSA) is 34.8 Å². The van der Waals surface area contributed by atoms with Crippen molar-refractivity contribution in [2.45, 2.75) is 10.8 Å². The van der Waals surface area contributed by atoms with Gasteiger partial charge in [0.2, 0.25) is 0 Å². The fraction of sp³-hybridized carbons (Fsp3) is 0.0323. The molecule has 2 spiro atoms. The van der Waals surface area contributed by atoms with Crippen molar-refractivity contribution in [1.82, 2.24) is 0 Å². The second-order valence-electron chi connectivity index (χ2n) is 17.8. The molecule has 4 heteroatoms. The molecule has 0 N–H and O–H groups in total. The van der Waals surface area contributed by atoms with Crippen molar-refractivity contribution in [3.05, 3.63) is 269 Å². The van der Waals surface area contributed by atoms with Crippen LogP contribution in [-0.2, 0) is 10.8 Å². The lowest BCUT2D eigenvalue weighted by Gasteiger charge is -2.40. The summed E-state index contributed by atoms with van der Waals surface area (Å²) in [5, 5.41) is 2.16. The minimum atomic E-state index is -0.630. The van der Waals surface area contributed by atoms with E-state index in [0.717, 1.165) is 84.3 Å². The van der Waals surface area contributed by atoms with Crippen LogP contribution in [0.3, 0.4) is 0 Å². The molecule has 2 aliphatic carbocycles. The normalized spacial score (nSPS) is 14.5. The van der Waals surface area contributed by atoms with Crippen molar-refractivity contribution in [3.63, 3.8) is 0 Å². The molecule has 11 aromatic rings. The molecule has 66 heavy (non-hydrogen) atoms. The van der Waals surface area contributed by atoms with Crippen LogP contribution in [0.5, 0.6) is 23.0 Å². The zero-order valence-corrected chi connectivity index (χ0v) is 35.5. The lowest BCUT2D eigenvalue weighted by molar-refractivity contribution is 0.436. The van der Waals surface area contributed by atoms with Gasteiger partial charge in [0.1, 0.15) is 34.2 Å². The van der Waals surface area contributed by atoms with Gasteiger partial charge in [-0.2, -0.15) is 0 Å². The van der Waals surface area contributed by atoms with Crippen molar-refractivity contribution in [2.75, 3.05) is 4.90 Å². The maximum Gasteiger partial charge on any atom is 0.135 e. The number of anilines is 3. The Labute approximate surface area is 381 Å². The predicted octanol–water partition coefficient (Wildman–Crippen LogP) is 16.0. The molecule has 0 radical (unpaired) electrons. The number of rotatable bonds is 3. The molecule has 0 atom stereocenters. The van der Waals surface area contributed by atoms with Gasteiger partial charge in [0.25, 0.3) is 0 Å². The number of hydrogen-bond acceptors (Lipinski definition) is 4. The Balaban J connectivity index is 1.05. The Bertz CT molecular complexity index is 3790. The molecule has 308 valence electrons.